The number of aliphatic hydroxyl groups is 1. The minimum Gasteiger partial charge on any atom is -0.503 e. The third kappa shape index (κ3) is 4.81. The van der Waals surface area contributed by atoms with Gasteiger partial charge >= 0.3 is 0 Å². The smallest absolute Gasteiger partial charge is 0.289 e. The second kappa shape index (κ2) is 9.66. The molecular weight excluding hydrogens is 399 g/mol. The summed E-state index contributed by atoms with van der Waals surface area (Å²) in [5, 5.41) is 14.0. The average molecular weight is 427 g/mol. The molecule has 2 amide bonds. The molecule has 2 N–H and O–H groups in total. The summed E-state index contributed by atoms with van der Waals surface area (Å²) >= 11 is 12.0. The zero-order valence-corrected chi connectivity index (χ0v) is 18.1. The molecule has 0 saturated heterocycles. The Bertz CT molecular complexity index is 764. The molecule has 7 heteroatoms. The summed E-state index contributed by atoms with van der Waals surface area (Å²) in [6.45, 7) is 6.19. The number of rotatable bonds is 9. The first-order valence-corrected chi connectivity index (χ1v) is 10.5. The maximum absolute atomic E-state index is 13.1. The lowest BCUT2D eigenvalue weighted by molar-refractivity contribution is -0.143. The number of hydrogen-bond donors (Lipinski definition) is 2. The van der Waals surface area contributed by atoms with Gasteiger partial charge in [0.25, 0.3) is 5.91 Å². The molecule has 0 radical (unpaired) electrons. The van der Waals surface area contributed by atoms with E-state index in [9.17, 15) is 14.7 Å². The molecule has 0 saturated carbocycles. The topological polar surface area (TPSA) is 69.6 Å². The van der Waals surface area contributed by atoms with Crippen molar-refractivity contribution in [2.45, 2.75) is 64.5 Å². The highest BCUT2D eigenvalue weighted by Gasteiger charge is 2.51. The summed E-state index contributed by atoms with van der Waals surface area (Å²) in [7, 11) is 0. The predicted molar refractivity (Wildman–Crippen MR) is 113 cm³/mol. The normalized spacial score (nSPS) is 19.3. The lowest BCUT2D eigenvalue weighted by atomic mass is 9.90. The van der Waals surface area contributed by atoms with Gasteiger partial charge < -0.3 is 15.3 Å². The molecule has 0 bridgehead atoms. The molecule has 0 fully saturated rings. The molecule has 1 heterocycles. The van der Waals surface area contributed by atoms with Gasteiger partial charge in [0.1, 0.15) is 5.54 Å². The zero-order valence-electron chi connectivity index (χ0n) is 16.6. The molecule has 0 aliphatic carbocycles. The number of carbonyl (C=O) groups excluding carboxylic acids is 2. The van der Waals surface area contributed by atoms with E-state index in [4.69, 9.17) is 23.2 Å². The maximum atomic E-state index is 13.1. The number of halogens is 2. The third-order valence-electron chi connectivity index (χ3n) is 4.98. The van der Waals surface area contributed by atoms with Crippen molar-refractivity contribution >= 4 is 35.0 Å². The highest BCUT2D eigenvalue weighted by molar-refractivity contribution is 6.42. The van der Waals surface area contributed by atoms with Crippen molar-refractivity contribution in [2.24, 2.45) is 0 Å². The second-order valence-electron chi connectivity index (χ2n) is 7.43. The lowest BCUT2D eigenvalue weighted by Gasteiger charge is -2.39. The van der Waals surface area contributed by atoms with Gasteiger partial charge in [-0.3, -0.25) is 9.59 Å². The van der Waals surface area contributed by atoms with Gasteiger partial charge in [-0.15, -0.1) is 0 Å². The van der Waals surface area contributed by atoms with E-state index < -0.39 is 11.4 Å². The number of unbranched alkanes of at least 4 members (excludes halogenated alkanes) is 1. The van der Waals surface area contributed by atoms with Crippen LogP contribution in [0.1, 0.15) is 52.0 Å². The summed E-state index contributed by atoms with van der Waals surface area (Å²) in [6, 6.07) is 5.30. The van der Waals surface area contributed by atoms with Crippen LogP contribution in [0.2, 0.25) is 10.0 Å². The predicted octanol–water partition coefficient (Wildman–Crippen LogP) is 4.66. The van der Waals surface area contributed by atoms with Crippen molar-refractivity contribution in [3.63, 3.8) is 0 Å². The molecule has 154 valence electrons. The molecule has 1 aromatic rings. The van der Waals surface area contributed by atoms with E-state index in [1.807, 2.05) is 32.9 Å². The molecular formula is C21H28Cl2N2O3. The van der Waals surface area contributed by atoms with E-state index in [0.717, 1.165) is 31.2 Å². The standard InChI is InChI=1S/C21H28Cl2N2O3/c1-4-5-10-21(13-18(26)19(27)25(21)14(2)3)20(28)24-11-6-7-15-8-9-16(22)17(23)12-15/h8-9,12-14,26H,4-7,10-11H2,1-3H3,(H,24,28). The van der Waals surface area contributed by atoms with E-state index >= 15 is 0 Å². The van der Waals surface area contributed by atoms with Crippen LogP contribution in [0.5, 0.6) is 0 Å². The van der Waals surface area contributed by atoms with Gasteiger partial charge in [-0.2, -0.15) is 0 Å². The number of hydrogen-bond acceptors (Lipinski definition) is 3. The van der Waals surface area contributed by atoms with Gasteiger partial charge in [0, 0.05) is 12.6 Å². The lowest BCUT2D eigenvalue weighted by Crippen LogP contribution is -2.59. The fraction of sp³-hybridized carbons (Fsp3) is 0.524. The van der Waals surface area contributed by atoms with Crippen molar-refractivity contribution in [2.75, 3.05) is 6.54 Å². The van der Waals surface area contributed by atoms with E-state index in [1.165, 1.54) is 11.0 Å². The Morgan fingerprint density at radius 2 is 1.96 bits per heavy atom. The number of nitrogens with one attached hydrogen (secondary N) is 1. The Hall–Kier alpha value is -1.72. The largest absolute Gasteiger partial charge is 0.503 e. The van der Waals surface area contributed by atoms with Crippen LogP contribution in [0.4, 0.5) is 0 Å². The monoisotopic (exact) mass is 426 g/mol. The van der Waals surface area contributed by atoms with Crippen LogP contribution in [-0.4, -0.2) is 39.9 Å². The minimum absolute atomic E-state index is 0.202. The van der Waals surface area contributed by atoms with Crippen LogP contribution in [0, 0.1) is 0 Å². The van der Waals surface area contributed by atoms with Gasteiger partial charge in [-0.1, -0.05) is 49.0 Å². The Morgan fingerprint density at radius 3 is 2.57 bits per heavy atom. The van der Waals surface area contributed by atoms with Crippen LogP contribution < -0.4 is 5.32 Å². The molecule has 1 aliphatic heterocycles. The van der Waals surface area contributed by atoms with Gasteiger partial charge in [-0.05, 0) is 56.9 Å². The maximum Gasteiger partial charge on any atom is 0.289 e. The van der Waals surface area contributed by atoms with Crippen molar-refractivity contribution in [1.29, 1.82) is 0 Å². The van der Waals surface area contributed by atoms with Crippen molar-refractivity contribution in [3.8, 4) is 0 Å². The van der Waals surface area contributed by atoms with E-state index in [0.29, 0.717) is 23.0 Å². The Balaban J connectivity index is 2.05. The Kier molecular flexibility index (Phi) is 7.79. The van der Waals surface area contributed by atoms with Crippen LogP contribution in [0.15, 0.2) is 30.0 Å². The van der Waals surface area contributed by atoms with E-state index in [2.05, 4.69) is 5.32 Å². The number of amides is 2. The molecule has 2 rings (SSSR count). The van der Waals surface area contributed by atoms with Crippen molar-refractivity contribution in [1.82, 2.24) is 10.2 Å². The van der Waals surface area contributed by atoms with Crippen molar-refractivity contribution in [3.05, 3.63) is 45.6 Å². The quantitative estimate of drug-likeness (QED) is 0.563. The van der Waals surface area contributed by atoms with Crippen LogP contribution in [-0.2, 0) is 16.0 Å². The number of benzene rings is 1. The summed E-state index contributed by atoms with van der Waals surface area (Å²) in [5.74, 6) is -1.09. The molecule has 5 nitrogen and oxygen atoms in total. The molecule has 1 aromatic carbocycles. The molecule has 0 aromatic heterocycles. The summed E-state index contributed by atoms with van der Waals surface area (Å²) in [6.07, 6.45) is 5.03. The first kappa shape index (κ1) is 22.6. The third-order valence-corrected chi connectivity index (χ3v) is 5.72. The number of aliphatic hydroxyl groups excluding tert-OH is 1. The average Bonchev–Trinajstić information content (AvgIpc) is 2.91. The molecule has 28 heavy (non-hydrogen) atoms. The van der Waals surface area contributed by atoms with Crippen molar-refractivity contribution < 1.29 is 14.7 Å². The van der Waals surface area contributed by atoms with Gasteiger partial charge in [0.15, 0.2) is 5.76 Å². The number of carbonyl (C=O) groups is 2. The first-order valence-electron chi connectivity index (χ1n) is 9.70. The second-order valence-corrected chi connectivity index (χ2v) is 8.25. The molecule has 1 aliphatic rings. The van der Waals surface area contributed by atoms with Crippen LogP contribution in [0.25, 0.3) is 0 Å². The van der Waals surface area contributed by atoms with Crippen LogP contribution >= 0.6 is 23.2 Å². The summed E-state index contributed by atoms with van der Waals surface area (Å²) < 4.78 is 0. The fourth-order valence-corrected chi connectivity index (χ4v) is 3.95. The van der Waals surface area contributed by atoms with E-state index in [-0.39, 0.29) is 17.7 Å². The van der Waals surface area contributed by atoms with Gasteiger partial charge in [0.05, 0.1) is 10.0 Å². The summed E-state index contributed by atoms with van der Waals surface area (Å²) in [4.78, 5) is 27.0. The van der Waals surface area contributed by atoms with Gasteiger partial charge in [-0.25, -0.2) is 0 Å². The SMILES string of the molecule is CCCCC1(C(=O)NCCCc2ccc(Cl)c(Cl)c2)C=C(O)C(=O)N1C(C)C. The molecule has 0 spiro atoms. The fourth-order valence-electron chi connectivity index (χ4n) is 3.63. The molecule has 1 atom stereocenters. The number of aryl methyl sites for hydroxylation is 1. The number of nitrogens with zero attached hydrogens (tertiary/aromatic N) is 1. The van der Waals surface area contributed by atoms with Gasteiger partial charge in [0.2, 0.25) is 5.91 Å². The highest BCUT2D eigenvalue weighted by atomic mass is 35.5. The Labute approximate surface area is 176 Å². The highest BCUT2D eigenvalue weighted by Crippen LogP contribution is 2.34. The zero-order chi connectivity index (χ0) is 20.9. The Morgan fingerprint density at radius 1 is 1.25 bits per heavy atom. The van der Waals surface area contributed by atoms with Crippen LogP contribution in [0.3, 0.4) is 0 Å². The van der Waals surface area contributed by atoms with E-state index in [1.54, 1.807) is 6.07 Å². The molecule has 1 unspecified atom stereocenters. The minimum atomic E-state index is -1.13. The summed E-state index contributed by atoms with van der Waals surface area (Å²) in [5.41, 5.74) is -0.0868. The first-order chi connectivity index (χ1) is 13.2.